The second kappa shape index (κ2) is 5.59. The molecule has 4 heteroatoms. The van der Waals surface area contributed by atoms with Gasteiger partial charge in [0.05, 0.1) is 23.4 Å². The zero-order valence-electron chi connectivity index (χ0n) is 10.6. The van der Waals surface area contributed by atoms with Gasteiger partial charge in [0, 0.05) is 9.86 Å². The number of para-hydroxylation sites is 1. The van der Waals surface area contributed by atoms with Crippen LogP contribution in [0.15, 0.2) is 59.1 Å². The van der Waals surface area contributed by atoms with Gasteiger partial charge in [-0.1, -0.05) is 40.2 Å². The Morgan fingerprint density at radius 3 is 2.80 bits per heavy atom. The molecular weight excluding hydrogens is 319 g/mol. The van der Waals surface area contributed by atoms with Crippen LogP contribution < -0.4 is 5.32 Å². The highest BCUT2D eigenvalue weighted by Crippen LogP contribution is 2.21. The summed E-state index contributed by atoms with van der Waals surface area (Å²) in [4.78, 5) is 4.55. The van der Waals surface area contributed by atoms with E-state index in [1.807, 2.05) is 36.4 Å². The lowest BCUT2D eigenvalue weighted by Gasteiger charge is -2.08. The van der Waals surface area contributed by atoms with Crippen LogP contribution in [0.25, 0.3) is 10.9 Å². The van der Waals surface area contributed by atoms with Crippen molar-refractivity contribution in [3.8, 4) is 0 Å². The number of hydrogen-bond acceptors (Lipinski definition) is 2. The minimum atomic E-state index is -0.269. The molecule has 0 bridgehead atoms. The Morgan fingerprint density at radius 1 is 1.05 bits per heavy atom. The Bertz CT molecular complexity index is 758. The molecule has 2 nitrogen and oxygen atoms in total. The van der Waals surface area contributed by atoms with Gasteiger partial charge in [-0.2, -0.15) is 0 Å². The van der Waals surface area contributed by atoms with Gasteiger partial charge in [-0.05, 0) is 30.3 Å². The second-order valence-electron chi connectivity index (χ2n) is 4.47. The largest absolute Gasteiger partial charge is 0.377 e. The zero-order chi connectivity index (χ0) is 13.9. The Kier molecular flexibility index (Phi) is 3.65. The highest BCUT2D eigenvalue weighted by Gasteiger charge is 2.03. The van der Waals surface area contributed by atoms with Crippen LogP contribution in [0.3, 0.4) is 0 Å². The number of benzene rings is 2. The average Bonchev–Trinajstić information content (AvgIpc) is 2.48. The number of nitrogens with one attached hydrogen (secondary N) is 1. The number of nitrogens with zero attached hydrogens (tertiary/aromatic N) is 1. The van der Waals surface area contributed by atoms with E-state index in [4.69, 9.17) is 0 Å². The Balaban J connectivity index is 1.81. The van der Waals surface area contributed by atoms with Crippen molar-refractivity contribution >= 4 is 32.5 Å². The fourth-order valence-corrected chi connectivity index (χ4v) is 2.39. The van der Waals surface area contributed by atoms with Gasteiger partial charge in [-0.25, -0.2) is 4.39 Å². The Hall–Kier alpha value is -1.94. The molecule has 2 aromatic carbocycles. The fraction of sp³-hybridized carbons (Fsp3) is 0.0625. The third-order valence-corrected chi connectivity index (χ3v) is 3.54. The number of hydrogen-bond donors (Lipinski definition) is 1. The maximum absolute atomic E-state index is 13.6. The van der Waals surface area contributed by atoms with Gasteiger partial charge in [0.15, 0.2) is 0 Å². The molecular formula is C16H12BrFN2. The van der Waals surface area contributed by atoms with Crippen LogP contribution in [-0.4, -0.2) is 4.98 Å². The van der Waals surface area contributed by atoms with Gasteiger partial charge in [0.25, 0.3) is 0 Å². The first kappa shape index (κ1) is 13.1. The van der Waals surface area contributed by atoms with E-state index in [0.717, 1.165) is 21.1 Å². The molecule has 0 radical (unpaired) electrons. The topological polar surface area (TPSA) is 24.9 Å². The van der Waals surface area contributed by atoms with E-state index in [9.17, 15) is 4.39 Å². The van der Waals surface area contributed by atoms with E-state index in [0.29, 0.717) is 12.2 Å². The Morgan fingerprint density at radius 2 is 1.90 bits per heavy atom. The summed E-state index contributed by atoms with van der Waals surface area (Å²) in [6.07, 6.45) is 0. The van der Waals surface area contributed by atoms with E-state index in [1.54, 1.807) is 12.1 Å². The summed E-state index contributed by atoms with van der Waals surface area (Å²) in [6.45, 7) is 0.484. The first-order valence-corrected chi connectivity index (χ1v) is 7.05. The molecule has 3 rings (SSSR count). The predicted octanol–water partition coefficient (Wildman–Crippen LogP) is 4.75. The van der Waals surface area contributed by atoms with Crippen molar-refractivity contribution in [1.82, 2.24) is 4.98 Å². The monoisotopic (exact) mass is 330 g/mol. The number of anilines is 1. The number of aromatic nitrogens is 1. The van der Waals surface area contributed by atoms with E-state index in [1.165, 1.54) is 6.07 Å². The van der Waals surface area contributed by atoms with Crippen LogP contribution in [0.5, 0.6) is 0 Å². The van der Waals surface area contributed by atoms with E-state index in [-0.39, 0.29) is 5.82 Å². The highest BCUT2D eigenvalue weighted by atomic mass is 79.9. The quantitative estimate of drug-likeness (QED) is 0.749. The van der Waals surface area contributed by atoms with Crippen LogP contribution in [-0.2, 0) is 6.54 Å². The molecule has 0 aliphatic carbocycles. The van der Waals surface area contributed by atoms with Gasteiger partial charge in [0.2, 0.25) is 0 Å². The zero-order valence-corrected chi connectivity index (χ0v) is 12.2. The standard InChI is InChI=1S/C16H12BrFN2/c17-12-6-8-14(18)16(9-12)19-10-13-7-5-11-3-1-2-4-15(11)20-13/h1-9,19H,10H2. The minimum absolute atomic E-state index is 0.269. The molecule has 20 heavy (non-hydrogen) atoms. The van der Waals surface area contributed by atoms with Gasteiger partial charge >= 0.3 is 0 Å². The average molecular weight is 331 g/mol. The number of halogens is 2. The van der Waals surface area contributed by atoms with Gasteiger partial charge in [-0.3, -0.25) is 4.98 Å². The van der Waals surface area contributed by atoms with E-state index >= 15 is 0 Å². The summed E-state index contributed by atoms with van der Waals surface area (Å²) < 4.78 is 14.5. The maximum atomic E-state index is 13.6. The van der Waals surface area contributed by atoms with Crippen LogP contribution in [0.4, 0.5) is 10.1 Å². The molecule has 0 amide bonds. The summed E-state index contributed by atoms with van der Waals surface area (Å²) in [6, 6.07) is 16.7. The summed E-state index contributed by atoms with van der Waals surface area (Å²) in [5, 5.41) is 4.17. The number of rotatable bonds is 3. The van der Waals surface area contributed by atoms with E-state index in [2.05, 4.69) is 26.2 Å². The lowest BCUT2D eigenvalue weighted by atomic mass is 10.2. The summed E-state index contributed by atoms with van der Waals surface area (Å²) in [5.41, 5.74) is 2.29. The smallest absolute Gasteiger partial charge is 0.146 e. The molecule has 0 saturated heterocycles. The van der Waals surface area contributed by atoms with Crippen LogP contribution in [0, 0.1) is 5.82 Å². The first-order valence-electron chi connectivity index (χ1n) is 6.26. The van der Waals surface area contributed by atoms with Crippen LogP contribution >= 0.6 is 15.9 Å². The fourth-order valence-electron chi connectivity index (χ4n) is 2.03. The molecule has 0 saturated carbocycles. The minimum Gasteiger partial charge on any atom is -0.377 e. The molecule has 0 aliphatic heterocycles. The van der Waals surface area contributed by atoms with Gasteiger partial charge in [-0.15, -0.1) is 0 Å². The number of fused-ring (bicyclic) bond motifs is 1. The molecule has 1 N–H and O–H groups in total. The molecule has 1 heterocycles. The second-order valence-corrected chi connectivity index (χ2v) is 5.39. The summed E-state index contributed by atoms with van der Waals surface area (Å²) >= 11 is 3.33. The molecule has 0 spiro atoms. The number of pyridine rings is 1. The van der Waals surface area contributed by atoms with Gasteiger partial charge < -0.3 is 5.32 Å². The van der Waals surface area contributed by atoms with Crippen molar-refractivity contribution < 1.29 is 4.39 Å². The van der Waals surface area contributed by atoms with E-state index < -0.39 is 0 Å². The highest BCUT2D eigenvalue weighted by molar-refractivity contribution is 9.10. The summed E-state index contributed by atoms with van der Waals surface area (Å²) in [5.74, 6) is -0.269. The normalized spacial score (nSPS) is 10.7. The molecule has 0 aliphatic rings. The van der Waals surface area contributed by atoms with Gasteiger partial charge in [0.1, 0.15) is 5.82 Å². The molecule has 0 unspecified atom stereocenters. The lowest BCUT2D eigenvalue weighted by molar-refractivity contribution is 0.629. The van der Waals surface area contributed by atoms with Crippen molar-refractivity contribution in [1.29, 1.82) is 0 Å². The SMILES string of the molecule is Fc1ccc(Br)cc1NCc1ccc2ccccc2n1. The van der Waals surface area contributed by atoms with Crippen LogP contribution in [0.1, 0.15) is 5.69 Å². The van der Waals surface area contributed by atoms with Crippen LogP contribution in [0.2, 0.25) is 0 Å². The first-order chi connectivity index (χ1) is 9.72. The summed E-state index contributed by atoms with van der Waals surface area (Å²) in [7, 11) is 0. The van der Waals surface area contributed by atoms with Crippen molar-refractivity contribution in [3.05, 3.63) is 70.6 Å². The van der Waals surface area contributed by atoms with Crippen molar-refractivity contribution in [2.75, 3.05) is 5.32 Å². The third kappa shape index (κ3) is 2.80. The maximum Gasteiger partial charge on any atom is 0.146 e. The van der Waals surface area contributed by atoms with Crippen molar-refractivity contribution in [3.63, 3.8) is 0 Å². The van der Waals surface area contributed by atoms with Crippen molar-refractivity contribution in [2.45, 2.75) is 6.54 Å². The molecule has 1 aromatic heterocycles. The molecule has 3 aromatic rings. The molecule has 100 valence electrons. The third-order valence-electron chi connectivity index (χ3n) is 3.04. The predicted molar refractivity (Wildman–Crippen MR) is 83.2 cm³/mol. The van der Waals surface area contributed by atoms with Crippen molar-refractivity contribution in [2.24, 2.45) is 0 Å². The Labute approximate surface area is 124 Å². The molecule has 0 atom stereocenters. The molecule has 0 fully saturated rings. The lowest BCUT2D eigenvalue weighted by Crippen LogP contribution is -2.03.